The second-order valence-electron chi connectivity index (χ2n) is 17.6. The van der Waals surface area contributed by atoms with E-state index in [1.807, 2.05) is 48.5 Å². The minimum atomic E-state index is -3.60. The first kappa shape index (κ1) is 38.7. The molecule has 0 aromatic rings. The van der Waals surface area contributed by atoms with Crippen LogP contribution in [0.25, 0.3) is 0 Å². The fraction of sp³-hybridized carbons (Fsp3) is 0.853. The predicted molar refractivity (Wildman–Crippen MR) is 181 cm³/mol. The highest BCUT2D eigenvalue weighted by Crippen LogP contribution is 2.65. The van der Waals surface area contributed by atoms with Crippen LogP contribution in [0.2, 0.25) is 0 Å². The number of hydrogen-bond donors (Lipinski definition) is 4. The van der Waals surface area contributed by atoms with Crippen LogP contribution in [-0.4, -0.2) is 83.6 Å². The third-order valence-corrected chi connectivity index (χ3v) is 13.4. The Morgan fingerprint density at radius 1 is 0.957 bits per heavy atom. The zero-order valence-corrected chi connectivity index (χ0v) is 31.1. The molecule has 13 heteroatoms. The lowest BCUT2D eigenvalue weighted by Crippen LogP contribution is -2.63. The summed E-state index contributed by atoms with van der Waals surface area (Å²) < 4.78 is 25.4. The number of Topliss-reactive ketones (excluding diaryl/α,β-unsaturated/α-hetero) is 1. The van der Waals surface area contributed by atoms with Gasteiger partial charge in [0.25, 0.3) is 5.91 Å². The van der Waals surface area contributed by atoms with Crippen molar-refractivity contribution in [2.45, 2.75) is 137 Å². The number of carbonyl (C=O) groups excluding carboxylic acids is 5. The monoisotopic (exact) mass is 681 g/mol. The van der Waals surface area contributed by atoms with Crippen LogP contribution >= 0.6 is 0 Å². The van der Waals surface area contributed by atoms with E-state index in [1.165, 1.54) is 4.90 Å². The summed E-state index contributed by atoms with van der Waals surface area (Å²) in [7, 11) is -3.60. The van der Waals surface area contributed by atoms with Crippen LogP contribution in [0.1, 0.15) is 108 Å². The lowest BCUT2D eigenvalue weighted by Gasteiger charge is -2.39. The Hall–Kier alpha value is -2.70. The van der Waals surface area contributed by atoms with Crippen molar-refractivity contribution in [1.82, 2.24) is 20.9 Å². The number of ketones is 1. The summed E-state index contributed by atoms with van der Waals surface area (Å²) in [6, 6.07) is -3.69. The van der Waals surface area contributed by atoms with Crippen molar-refractivity contribution in [2.24, 2.45) is 40.2 Å². The Kier molecular flexibility index (Phi) is 11.0. The maximum absolute atomic E-state index is 14.4. The van der Waals surface area contributed by atoms with E-state index in [0.29, 0.717) is 19.4 Å². The lowest BCUT2D eigenvalue weighted by atomic mass is 9.80. The molecule has 3 rings (SSSR count). The van der Waals surface area contributed by atoms with Crippen molar-refractivity contribution in [3.05, 3.63) is 0 Å². The number of carbonyl (C=O) groups is 5. The maximum Gasteiger partial charge on any atom is 0.315 e. The number of likely N-dealkylation sites (tertiary alicyclic amines) is 1. The quantitative estimate of drug-likeness (QED) is 0.215. The van der Waals surface area contributed by atoms with Crippen molar-refractivity contribution in [3.63, 3.8) is 0 Å². The molecular formula is C34H59N5O7S. The van der Waals surface area contributed by atoms with Gasteiger partial charge in [0, 0.05) is 6.54 Å². The van der Waals surface area contributed by atoms with Crippen LogP contribution in [0.3, 0.4) is 0 Å². The van der Waals surface area contributed by atoms with Crippen LogP contribution in [0, 0.1) is 34.5 Å². The van der Waals surface area contributed by atoms with Crippen molar-refractivity contribution in [3.8, 4) is 0 Å². The van der Waals surface area contributed by atoms with Crippen molar-refractivity contribution in [2.75, 3.05) is 12.3 Å². The van der Waals surface area contributed by atoms with E-state index < -0.39 is 73.2 Å². The van der Waals surface area contributed by atoms with Gasteiger partial charge in [0.15, 0.2) is 9.84 Å². The number of sulfone groups is 1. The van der Waals surface area contributed by atoms with Gasteiger partial charge in [0.05, 0.1) is 22.1 Å². The second-order valence-corrected chi connectivity index (χ2v) is 20.4. The van der Waals surface area contributed by atoms with Crippen LogP contribution in [-0.2, 0) is 29.0 Å². The van der Waals surface area contributed by atoms with Gasteiger partial charge in [0.2, 0.25) is 17.6 Å². The standard InChI is InChI=1S/C34H59N5O7S/c1-19(2)16-34(11,18-47(45,46)32(6,7)8)38-30(44)37-26(31(3,4)5)29(43)39-17-21-23(33(21,9)10)24(39)28(42)36-22(25(40)27(35)41)15-20-13-12-14-20/h19-24,26H,12-18H2,1-11H3,(H2,35,41)(H,36,42)(H2,37,38,44)/t21?,22?,23?,24-,26+,34-/m0/s1. The van der Waals surface area contributed by atoms with E-state index in [0.717, 1.165) is 19.3 Å². The summed E-state index contributed by atoms with van der Waals surface area (Å²) in [6.45, 7) is 20.3. The Morgan fingerprint density at radius 2 is 1.53 bits per heavy atom. The van der Waals surface area contributed by atoms with Crippen LogP contribution in [0.4, 0.5) is 4.79 Å². The van der Waals surface area contributed by atoms with E-state index in [-0.39, 0.29) is 34.8 Å². The highest BCUT2D eigenvalue weighted by molar-refractivity contribution is 7.92. The van der Waals surface area contributed by atoms with E-state index in [1.54, 1.807) is 27.7 Å². The number of amides is 5. The summed E-state index contributed by atoms with van der Waals surface area (Å²) in [5, 5.41) is 8.49. The molecular weight excluding hydrogens is 622 g/mol. The molecule has 1 heterocycles. The molecule has 0 aromatic carbocycles. The van der Waals surface area contributed by atoms with Crippen LogP contribution < -0.4 is 21.7 Å². The number of fused-ring (bicyclic) bond motifs is 1. The molecule has 3 fully saturated rings. The van der Waals surface area contributed by atoms with Crippen LogP contribution in [0.5, 0.6) is 0 Å². The summed E-state index contributed by atoms with van der Waals surface area (Å²) >= 11 is 0. The van der Waals surface area contributed by atoms with Gasteiger partial charge >= 0.3 is 6.03 Å². The molecule has 5 amide bonds. The van der Waals surface area contributed by atoms with Gasteiger partial charge in [-0.25, -0.2) is 13.2 Å². The first-order valence-corrected chi connectivity index (χ1v) is 18.6. The molecule has 1 aliphatic heterocycles. The van der Waals surface area contributed by atoms with Crippen LogP contribution in [0.15, 0.2) is 0 Å². The summed E-state index contributed by atoms with van der Waals surface area (Å²) in [5.74, 6) is -3.02. The van der Waals surface area contributed by atoms with Crippen molar-refractivity contribution >= 4 is 39.4 Å². The van der Waals surface area contributed by atoms with Gasteiger partial charge in [-0.2, -0.15) is 0 Å². The molecule has 2 aliphatic carbocycles. The molecule has 5 N–H and O–H groups in total. The number of piperidine rings is 1. The number of rotatable bonds is 13. The lowest BCUT2D eigenvalue weighted by molar-refractivity contribution is -0.145. The van der Waals surface area contributed by atoms with Gasteiger partial charge in [-0.1, -0.05) is 67.7 Å². The van der Waals surface area contributed by atoms with Gasteiger partial charge in [-0.05, 0) is 75.0 Å². The first-order chi connectivity index (χ1) is 21.2. The SMILES string of the molecule is CC(C)C[C@@](C)(CS(=O)(=O)C(C)(C)C)NC(=O)N[C@H](C(=O)N1CC2C([C@H]1C(=O)NC(CC1CCC1)C(=O)C(N)=O)C2(C)C)C(C)(C)C. The second kappa shape index (κ2) is 13.3. The van der Waals surface area contributed by atoms with Gasteiger partial charge < -0.3 is 26.6 Å². The zero-order chi connectivity index (χ0) is 36.1. The Bertz CT molecular complexity index is 1360. The van der Waals surface area contributed by atoms with E-state index in [4.69, 9.17) is 5.73 Å². The third-order valence-electron chi connectivity index (χ3n) is 10.5. The number of nitrogens with two attached hydrogens (primary N) is 1. The van der Waals surface area contributed by atoms with Gasteiger partial charge in [0.1, 0.15) is 12.1 Å². The number of nitrogens with one attached hydrogen (secondary N) is 3. The van der Waals surface area contributed by atoms with Crippen molar-refractivity contribution in [1.29, 1.82) is 0 Å². The third kappa shape index (κ3) is 8.67. The summed E-state index contributed by atoms with van der Waals surface area (Å²) in [6.07, 6.45) is 3.55. The molecule has 0 radical (unpaired) electrons. The highest BCUT2D eigenvalue weighted by Gasteiger charge is 2.70. The molecule has 6 atom stereocenters. The highest BCUT2D eigenvalue weighted by atomic mass is 32.2. The Balaban J connectivity index is 1.86. The zero-order valence-electron chi connectivity index (χ0n) is 30.3. The number of primary amides is 1. The number of nitrogens with zero attached hydrogens (tertiary/aromatic N) is 1. The smallest absolute Gasteiger partial charge is 0.315 e. The van der Waals surface area contributed by atoms with Gasteiger partial charge in [-0.15, -0.1) is 0 Å². The van der Waals surface area contributed by atoms with Gasteiger partial charge in [-0.3, -0.25) is 19.2 Å². The Morgan fingerprint density at radius 3 is 1.98 bits per heavy atom. The summed E-state index contributed by atoms with van der Waals surface area (Å²) in [5.41, 5.74) is 3.23. The molecule has 1 saturated heterocycles. The van der Waals surface area contributed by atoms with E-state index >= 15 is 0 Å². The minimum absolute atomic E-state index is 0.0468. The molecule has 3 aliphatic rings. The van der Waals surface area contributed by atoms with Crippen molar-refractivity contribution < 1.29 is 32.4 Å². The normalized spacial score (nSPS) is 25.1. The average Bonchev–Trinajstić information content (AvgIpc) is 3.17. The predicted octanol–water partition coefficient (Wildman–Crippen LogP) is 2.93. The average molecular weight is 682 g/mol. The summed E-state index contributed by atoms with van der Waals surface area (Å²) in [4.78, 5) is 68.0. The van der Waals surface area contributed by atoms with E-state index in [2.05, 4.69) is 16.0 Å². The fourth-order valence-corrected chi connectivity index (χ4v) is 8.94. The topological polar surface area (TPSA) is 185 Å². The largest absolute Gasteiger partial charge is 0.363 e. The molecule has 0 aromatic heterocycles. The molecule has 12 nitrogen and oxygen atoms in total. The first-order valence-electron chi connectivity index (χ1n) is 17.0. The minimum Gasteiger partial charge on any atom is -0.363 e. The number of hydrogen-bond acceptors (Lipinski definition) is 7. The molecule has 47 heavy (non-hydrogen) atoms. The molecule has 3 unspecified atom stereocenters. The maximum atomic E-state index is 14.4. The van der Waals surface area contributed by atoms with E-state index in [9.17, 15) is 32.4 Å². The molecule has 0 spiro atoms. The molecule has 268 valence electrons. The Labute approximate surface area is 281 Å². The fourth-order valence-electron chi connectivity index (χ4n) is 7.47. The molecule has 0 bridgehead atoms. The number of urea groups is 1. The molecule has 2 saturated carbocycles.